The molecular weight excluding hydrogens is 251 g/mol. The Hall–Kier alpha value is -1.62. The molecule has 0 spiro atoms. The number of ether oxygens (including phenoxy) is 2. The number of aliphatic hydroxyl groups excluding tert-OH is 1. The highest BCUT2D eigenvalue weighted by molar-refractivity contribution is 5.75. The smallest absolute Gasteiger partial charge is 0.347 e. The number of hydrogen-bond acceptors (Lipinski definition) is 4. The van der Waals surface area contributed by atoms with Gasteiger partial charge in [0.15, 0.2) is 6.10 Å². The lowest BCUT2D eigenvalue weighted by molar-refractivity contribution is -0.151. The van der Waals surface area contributed by atoms with E-state index in [-0.39, 0.29) is 19.0 Å². The van der Waals surface area contributed by atoms with E-state index in [9.17, 15) is 9.18 Å². The van der Waals surface area contributed by atoms with E-state index in [1.807, 2.05) is 6.92 Å². The molecule has 0 heterocycles. The van der Waals surface area contributed by atoms with Crippen molar-refractivity contribution < 1.29 is 23.8 Å². The van der Waals surface area contributed by atoms with Crippen molar-refractivity contribution in [2.45, 2.75) is 39.4 Å². The minimum absolute atomic E-state index is 0.218. The van der Waals surface area contributed by atoms with Crippen LogP contribution in [0.15, 0.2) is 18.2 Å². The lowest BCUT2D eigenvalue weighted by Gasteiger charge is -2.17. The van der Waals surface area contributed by atoms with Gasteiger partial charge in [-0.05, 0) is 31.0 Å². The predicted octanol–water partition coefficient (Wildman–Crippen LogP) is 2.43. The Bertz CT molecular complexity index is 420. The van der Waals surface area contributed by atoms with Gasteiger partial charge in [0.05, 0.1) is 13.2 Å². The van der Waals surface area contributed by atoms with Gasteiger partial charge in [0.25, 0.3) is 0 Å². The maximum Gasteiger partial charge on any atom is 0.347 e. The molecule has 0 aliphatic rings. The fourth-order valence-corrected chi connectivity index (χ4v) is 1.67. The van der Waals surface area contributed by atoms with Crippen LogP contribution in [0.3, 0.4) is 0 Å². The van der Waals surface area contributed by atoms with Gasteiger partial charge in [0, 0.05) is 6.07 Å². The third-order valence-corrected chi connectivity index (χ3v) is 2.49. The summed E-state index contributed by atoms with van der Waals surface area (Å²) in [6.07, 6.45) is 0.480. The summed E-state index contributed by atoms with van der Waals surface area (Å²) in [4.78, 5) is 11.7. The molecule has 1 atom stereocenters. The number of rotatable bonds is 7. The first kappa shape index (κ1) is 15.4. The standard InChI is InChI=1S/C14H19FO4/c1-3-5-13(14(17)18-4-2)19-12-7-10(9-16)6-11(15)8-12/h6-8,13,16H,3-5,9H2,1-2H3. The quantitative estimate of drug-likeness (QED) is 0.773. The average molecular weight is 270 g/mol. The van der Waals surface area contributed by atoms with Crippen LogP contribution in [-0.2, 0) is 16.1 Å². The summed E-state index contributed by atoms with van der Waals surface area (Å²) < 4.78 is 23.7. The molecule has 0 radical (unpaired) electrons. The summed E-state index contributed by atoms with van der Waals surface area (Å²) in [5.74, 6) is -0.754. The Morgan fingerprint density at radius 1 is 1.37 bits per heavy atom. The van der Waals surface area contributed by atoms with Crippen molar-refractivity contribution in [3.63, 3.8) is 0 Å². The highest BCUT2D eigenvalue weighted by atomic mass is 19.1. The monoisotopic (exact) mass is 270 g/mol. The molecule has 4 nitrogen and oxygen atoms in total. The van der Waals surface area contributed by atoms with Crippen molar-refractivity contribution in [2.24, 2.45) is 0 Å². The number of carbonyl (C=O) groups is 1. The second-order valence-corrected chi connectivity index (χ2v) is 4.10. The normalized spacial score (nSPS) is 12.0. The second-order valence-electron chi connectivity index (χ2n) is 4.10. The zero-order valence-electron chi connectivity index (χ0n) is 11.2. The van der Waals surface area contributed by atoms with Gasteiger partial charge >= 0.3 is 5.97 Å². The van der Waals surface area contributed by atoms with Gasteiger partial charge in [0.1, 0.15) is 11.6 Å². The first-order valence-electron chi connectivity index (χ1n) is 6.34. The molecule has 1 unspecified atom stereocenters. The Labute approximate surface area is 112 Å². The van der Waals surface area contributed by atoms with Gasteiger partial charge in [0.2, 0.25) is 0 Å². The molecule has 0 bridgehead atoms. The zero-order valence-corrected chi connectivity index (χ0v) is 11.2. The van der Waals surface area contributed by atoms with Crippen molar-refractivity contribution in [3.05, 3.63) is 29.6 Å². The van der Waals surface area contributed by atoms with Crippen LogP contribution in [0.5, 0.6) is 5.75 Å². The van der Waals surface area contributed by atoms with Crippen LogP contribution in [0.25, 0.3) is 0 Å². The summed E-state index contributed by atoms with van der Waals surface area (Å²) in [6, 6.07) is 3.90. The molecule has 106 valence electrons. The van der Waals surface area contributed by atoms with Crippen LogP contribution in [-0.4, -0.2) is 23.8 Å². The summed E-state index contributed by atoms with van der Waals surface area (Å²) >= 11 is 0. The van der Waals surface area contributed by atoms with Crippen LogP contribution in [0.2, 0.25) is 0 Å². The molecule has 1 rings (SSSR count). The van der Waals surface area contributed by atoms with Gasteiger partial charge < -0.3 is 14.6 Å². The van der Waals surface area contributed by atoms with E-state index in [1.54, 1.807) is 6.92 Å². The Morgan fingerprint density at radius 3 is 2.68 bits per heavy atom. The summed E-state index contributed by atoms with van der Waals surface area (Å²) in [5, 5.41) is 9.00. The van der Waals surface area contributed by atoms with Crippen molar-refractivity contribution in [3.8, 4) is 5.75 Å². The number of esters is 1. The van der Waals surface area contributed by atoms with Gasteiger partial charge in [-0.25, -0.2) is 9.18 Å². The maximum atomic E-state index is 13.3. The molecule has 1 aromatic rings. The first-order chi connectivity index (χ1) is 9.10. The van der Waals surface area contributed by atoms with Crippen LogP contribution in [0.1, 0.15) is 32.3 Å². The van der Waals surface area contributed by atoms with E-state index in [0.29, 0.717) is 12.0 Å². The lowest BCUT2D eigenvalue weighted by atomic mass is 10.2. The molecule has 1 aromatic carbocycles. The van der Waals surface area contributed by atoms with E-state index in [2.05, 4.69) is 0 Å². The third-order valence-electron chi connectivity index (χ3n) is 2.49. The fourth-order valence-electron chi connectivity index (χ4n) is 1.67. The number of benzene rings is 1. The van der Waals surface area contributed by atoms with Gasteiger partial charge in [-0.1, -0.05) is 13.3 Å². The highest BCUT2D eigenvalue weighted by Gasteiger charge is 2.21. The molecule has 0 saturated heterocycles. The largest absolute Gasteiger partial charge is 0.479 e. The van der Waals surface area contributed by atoms with Crippen LogP contribution < -0.4 is 4.74 Å². The van der Waals surface area contributed by atoms with E-state index in [4.69, 9.17) is 14.6 Å². The number of hydrogen-bond donors (Lipinski definition) is 1. The van der Waals surface area contributed by atoms with Crippen molar-refractivity contribution in [2.75, 3.05) is 6.61 Å². The lowest BCUT2D eigenvalue weighted by Crippen LogP contribution is -2.29. The van der Waals surface area contributed by atoms with Crippen LogP contribution in [0, 0.1) is 5.82 Å². The summed E-state index contributed by atoms with van der Waals surface area (Å²) in [7, 11) is 0. The van der Waals surface area contributed by atoms with Crippen molar-refractivity contribution >= 4 is 5.97 Å². The molecule has 5 heteroatoms. The Balaban J connectivity index is 2.83. The number of halogens is 1. The van der Waals surface area contributed by atoms with Crippen molar-refractivity contribution in [1.82, 2.24) is 0 Å². The van der Waals surface area contributed by atoms with E-state index in [0.717, 1.165) is 6.42 Å². The number of aliphatic hydroxyl groups is 1. The van der Waals surface area contributed by atoms with E-state index >= 15 is 0 Å². The zero-order chi connectivity index (χ0) is 14.3. The minimum atomic E-state index is -0.752. The molecule has 0 fully saturated rings. The number of carbonyl (C=O) groups excluding carboxylic acids is 1. The highest BCUT2D eigenvalue weighted by Crippen LogP contribution is 2.19. The Kier molecular flexibility index (Phi) is 6.29. The summed E-state index contributed by atoms with van der Waals surface area (Å²) in [5.41, 5.74) is 0.397. The van der Waals surface area contributed by atoms with Crippen LogP contribution >= 0.6 is 0 Å². The molecule has 0 aromatic heterocycles. The fraction of sp³-hybridized carbons (Fsp3) is 0.500. The van der Waals surface area contributed by atoms with Crippen LogP contribution in [0.4, 0.5) is 4.39 Å². The maximum absolute atomic E-state index is 13.3. The molecule has 1 N–H and O–H groups in total. The Morgan fingerprint density at radius 2 is 2.11 bits per heavy atom. The molecule has 0 saturated carbocycles. The predicted molar refractivity (Wildman–Crippen MR) is 68.3 cm³/mol. The molecular formula is C14H19FO4. The molecule has 19 heavy (non-hydrogen) atoms. The van der Waals surface area contributed by atoms with E-state index < -0.39 is 17.9 Å². The molecule has 0 aliphatic carbocycles. The molecule has 0 amide bonds. The van der Waals surface area contributed by atoms with Gasteiger partial charge in [-0.15, -0.1) is 0 Å². The average Bonchev–Trinajstić information content (AvgIpc) is 2.37. The topological polar surface area (TPSA) is 55.8 Å². The van der Waals surface area contributed by atoms with E-state index in [1.165, 1.54) is 18.2 Å². The molecule has 0 aliphatic heterocycles. The SMILES string of the molecule is CCCC(Oc1cc(F)cc(CO)c1)C(=O)OCC. The minimum Gasteiger partial charge on any atom is -0.479 e. The first-order valence-corrected chi connectivity index (χ1v) is 6.34. The third kappa shape index (κ3) is 4.87. The van der Waals surface area contributed by atoms with Gasteiger partial charge in [-0.2, -0.15) is 0 Å². The summed E-state index contributed by atoms with van der Waals surface area (Å²) in [6.45, 7) is 3.62. The van der Waals surface area contributed by atoms with Crippen molar-refractivity contribution in [1.29, 1.82) is 0 Å². The van der Waals surface area contributed by atoms with Gasteiger partial charge in [-0.3, -0.25) is 0 Å². The second kappa shape index (κ2) is 7.74.